The van der Waals surface area contributed by atoms with Crippen molar-refractivity contribution in [3.8, 4) is 5.75 Å². The molecule has 1 heterocycles. The fraction of sp³-hybridized carbons (Fsp3) is 0.455. The van der Waals surface area contributed by atoms with Gasteiger partial charge in [0.15, 0.2) is 0 Å². The van der Waals surface area contributed by atoms with Crippen molar-refractivity contribution in [1.82, 2.24) is 0 Å². The summed E-state index contributed by atoms with van der Waals surface area (Å²) in [5, 5.41) is 3.43. The second kappa shape index (κ2) is 4.22. The van der Waals surface area contributed by atoms with Crippen LogP contribution in [0.15, 0.2) is 16.6 Å². The standard InChI is InChI=1S/C11H14BrNO/c1-14-11-7-10-8(6-9(11)12)4-2-3-5-13-10/h6-7,13H,2-5H2,1H3. The molecule has 2 nitrogen and oxygen atoms in total. The lowest BCUT2D eigenvalue weighted by atomic mass is 10.1. The summed E-state index contributed by atoms with van der Waals surface area (Å²) in [6.45, 7) is 1.07. The highest BCUT2D eigenvalue weighted by molar-refractivity contribution is 9.10. The molecule has 0 aliphatic carbocycles. The van der Waals surface area contributed by atoms with E-state index in [4.69, 9.17) is 4.74 Å². The minimum absolute atomic E-state index is 0.901. The fourth-order valence-corrected chi connectivity index (χ4v) is 2.34. The maximum Gasteiger partial charge on any atom is 0.135 e. The first-order chi connectivity index (χ1) is 6.81. The second-order valence-corrected chi connectivity index (χ2v) is 4.38. The lowest BCUT2D eigenvalue weighted by Gasteiger charge is -2.11. The van der Waals surface area contributed by atoms with Crippen LogP contribution in [-0.4, -0.2) is 13.7 Å². The van der Waals surface area contributed by atoms with Gasteiger partial charge < -0.3 is 10.1 Å². The number of halogens is 1. The molecule has 0 fully saturated rings. The van der Waals surface area contributed by atoms with E-state index in [0.717, 1.165) is 23.2 Å². The zero-order valence-corrected chi connectivity index (χ0v) is 9.86. The molecular weight excluding hydrogens is 242 g/mol. The minimum atomic E-state index is 0.901. The van der Waals surface area contributed by atoms with E-state index >= 15 is 0 Å². The number of ether oxygens (including phenoxy) is 1. The molecule has 76 valence electrons. The zero-order valence-electron chi connectivity index (χ0n) is 8.27. The van der Waals surface area contributed by atoms with E-state index in [1.807, 2.05) is 0 Å². The molecule has 2 rings (SSSR count). The van der Waals surface area contributed by atoms with Crippen LogP contribution >= 0.6 is 15.9 Å². The predicted molar refractivity (Wildman–Crippen MR) is 62.1 cm³/mol. The lowest BCUT2D eigenvalue weighted by molar-refractivity contribution is 0.412. The molecular formula is C11H14BrNO. The molecule has 0 aromatic heterocycles. The van der Waals surface area contributed by atoms with Crippen LogP contribution in [0.1, 0.15) is 18.4 Å². The third kappa shape index (κ3) is 1.87. The smallest absolute Gasteiger partial charge is 0.135 e. The van der Waals surface area contributed by atoms with E-state index in [1.54, 1.807) is 7.11 Å². The summed E-state index contributed by atoms with van der Waals surface area (Å²) in [6.07, 6.45) is 3.66. The number of fused-ring (bicyclic) bond motifs is 1. The number of benzene rings is 1. The molecule has 1 aromatic rings. The van der Waals surface area contributed by atoms with E-state index < -0.39 is 0 Å². The van der Waals surface area contributed by atoms with Crippen molar-refractivity contribution in [2.45, 2.75) is 19.3 Å². The van der Waals surface area contributed by atoms with Crippen molar-refractivity contribution in [3.05, 3.63) is 22.2 Å². The summed E-state index contributed by atoms with van der Waals surface area (Å²) in [6, 6.07) is 4.23. The third-order valence-electron chi connectivity index (χ3n) is 2.57. The van der Waals surface area contributed by atoms with Gasteiger partial charge in [0.05, 0.1) is 11.6 Å². The van der Waals surface area contributed by atoms with Crippen molar-refractivity contribution in [2.24, 2.45) is 0 Å². The van der Waals surface area contributed by atoms with Crippen LogP contribution in [0.2, 0.25) is 0 Å². The van der Waals surface area contributed by atoms with Gasteiger partial charge in [-0.15, -0.1) is 0 Å². The van der Waals surface area contributed by atoms with E-state index in [2.05, 4.69) is 33.4 Å². The van der Waals surface area contributed by atoms with Gasteiger partial charge in [-0.25, -0.2) is 0 Å². The first kappa shape index (κ1) is 9.84. The van der Waals surface area contributed by atoms with Gasteiger partial charge in [0.2, 0.25) is 0 Å². The molecule has 0 spiro atoms. The molecule has 14 heavy (non-hydrogen) atoms. The summed E-state index contributed by atoms with van der Waals surface area (Å²) < 4.78 is 6.31. The van der Waals surface area contributed by atoms with Gasteiger partial charge >= 0.3 is 0 Å². The van der Waals surface area contributed by atoms with E-state index in [9.17, 15) is 0 Å². The summed E-state index contributed by atoms with van der Waals surface area (Å²) in [5.41, 5.74) is 2.61. The predicted octanol–water partition coefficient (Wildman–Crippen LogP) is 3.21. The lowest BCUT2D eigenvalue weighted by Crippen LogP contribution is -2.00. The van der Waals surface area contributed by atoms with Crippen LogP contribution in [0.3, 0.4) is 0 Å². The molecule has 0 saturated carbocycles. The van der Waals surface area contributed by atoms with Gasteiger partial charge in [0.1, 0.15) is 5.75 Å². The monoisotopic (exact) mass is 255 g/mol. The zero-order chi connectivity index (χ0) is 9.97. The number of anilines is 1. The Bertz CT molecular complexity index is 338. The minimum Gasteiger partial charge on any atom is -0.495 e. The van der Waals surface area contributed by atoms with Crippen molar-refractivity contribution in [3.63, 3.8) is 0 Å². The molecule has 0 unspecified atom stereocenters. The highest BCUT2D eigenvalue weighted by Crippen LogP contribution is 2.33. The van der Waals surface area contributed by atoms with Gasteiger partial charge in [0, 0.05) is 18.3 Å². The molecule has 3 heteroatoms. The Morgan fingerprint density at radius 2 is 2.21 bits per heavy atom. The van der Waals surface area contributed by atoms with Crippen LogP contribution in [0, 0.1) is 0 Å². The molecule has 0 saturated heterocycles. The highest BCUT2D eigenvalue weighted by atomic mass is 79.9. The number of methoxy groups -OCH3 is 1. The molecule has 0 bridgehead atoms. The van der Waals surface area contributed by atoms with Crippen LogP contribution < -0.4 is 10.1 Å². The Hall–Kier alpha value is -0.700. The van der Waals surface area contributed by atoms with Crippen LogP contribution in [0.25, 0.3) is 0 Å². The Morgan fingerprint density at radius 1 is 1.36 bits per heavy atom. The number of rotatable bonds is 1. The second-order valence-electron chi connectivity index (χ2n) is 3.53. The van der Waals surface area contributed by atoms with Crippen LogP contribution in [0.4, 0.5) is 5.69 Å². The maximum absolute atomic E-state index is 5.26. The molecule has 1 aromatic carbocycles. The van der Waals surface area contributed by atoms with Crippen LogP contribution in [0.5, 0.6) is 5.75 Å². The fourth-order valence-electron chi connectivity index (χ4n) is 1.79. The quantitative estimate of drug-likeness (QED) is 0.833. The van der Waals surface area contributed by atoms with Crippen molar-refractivity contribution in [1.29, 1.82) is 0 Å². The number of nitrogens with one attached hydrogen (secondary N) is 1. The Balaban J connectivity index is 2.41. The summed E-state index contributed by atoms with van der Waals surface area (Å²) in [5.74, 6) is 0.901. The number of aryl methyl sites for hydroxylation is 1. The van der Waals surface area contributed by atoms with Gasteiger partial charge in [-0.05, 0) is 46.8 Å². The highest BCUT2D eigenvalue weighted by Gasteiger charge is 2.10. The Kier molecular flexibility index (Phi) is 2.96. The average Bonchev–Trinajstić information content (AvgIpc) is 2.41. The van der Waals surface area contributed by atoms with Gasteiger partial charge in [-0.1, -0.05) is 0 Å². The summed E-state index contributed by atoms with van der Waals surface area (Å²) in [4.78, 5) is 0. The number of hydrogen-bond donors (Lipinski definition) is 1. The Labute approximate surface area is 92.8 Å². The van der Waals surface area contributed by atoms with Crippen LogP contribution in [-0.2, 0) is 6.42 Å². The van der Waals surface area contributed by atoms with Gasteiger partial charge in [-0.2, -0.15) is 0 Å². The number of hydrogen-bond acceptors (Lipinski definition) is 2. The molecule has 0 radical (unpaired) electrons. The summed E-state index contributed by atoms with van der Waals surface area (Å²) >= 11 is 3.51. The van der Waals surface area contributed by atoms with Crippen molar-refractivity contribution in [2.75, 3.05) is 19.0 Å². The summed E-state index contributed by atoms with van der Waals surface area (Å²) in [7, 11) is 1.70. The molecule has 1 aliphatic rings. The van der Waals surface area contributed by atoms with Crippen molar-refractivity contribution >= 4 is 21.6 Å². The SMILES string of the molecule is COc1cc2c(cc1Br)CCCCN2. The molecule has 0 amide bonds. The van der Waals surface area contributed by atoms with E-state index in [1.165, 1.54) is 24.1 Å². The molecule has 1 aliphatic heterocycles. The largest absolute Gasteiger partial charge is 0.495 e. The molecule has 1 N–H and O–H groups in total. The Morgan fingerprint density at radius 3 is 3.00 bits per heavy atom. The average molecular weight is 256 g/mol. The molecule has 0 atom stereocenters. The van der Waals surface area contributed by atoms with Gasteiger partial charge in [0.25, 0.3) is 0 Å². The maximum atomic E-state index is 5.26. The van der Waals surface area contributed by atoms with Gasteiger partial charge in [-0.3, -0.25) is 0 Å². The van der Waals surface area contributed by atoms with E-state index in [-0.39, 0.29) is 0 Å². The first-order valence-electron chi connectivity index (χ1n) is 4.91. The van der Waals surface area contributed by atoms with E-state index in [0.29, 0.717) is 0 Å². The topological polar surface area (TPSA) is 21.3 Å². The van der Waals surface area contributed by atoms with Crippen molar-refractivity contribution < 1.29 is 4.74 Å². The third-order valence-corrected chi connectivity index (χ3v) is 3.19. The first-order valence-corrected chi connectivity index (χ1v) is 5.71. The normalized spacial score (nSPS) is 15.3.